The second kappa shape index (κ2) is 7.00. The maximum Gasteiger partial charge on any atom is 0.218 e. The van der Waals surface area contributed by atoms with E-state index >= 15 is 0 Å². The highest BCUT2D eigenvalue weighted by Crippen LogP contribution is 2.09. The Hall–Kier alpha value is -1.36. The van der Waals surface area contributed by atoms with Gasteiger partial charge in [0.2, 0.25) is 5.88 Å². The molecule has 0 bridgehead atoms. The van der Waals surface area contributed by atoms with Gasteiger partial charge >= 0.3 is 0 Å². The van der Waals surface area contributed by atoms with Gasteiger partial charge in [-0.1, -0.05) is 13.3 Å². The molecule has 5 nitrogen and oxygen atoms in total. The molecule has 90 valence electrons. The van der Waals surface area contributed by atoms with Crippen LogP contribution in [-0.4, -0.2) is 29.8 Å². The summed E-state index contributed by atoms with van der Waals surface area (Å²) >= 11 is 0. The predicted molar refractivity (Wildman–Crippen MR) is 62.4 cm³/mol. The van der Waals surface area contributed by atoms with Crippen LogP contribution in [0.2, 0.25) is 0 Å². The van der Waals surface area contributed by atoms with Gasteiger partial charge in [0.25, 0.3) is 0 Å². The van der Waals surface area contributed by atoms with Crippen LogP contribution in [0.15, 0.2) is 6.07 Å². The fourth-order valence-corrected chi connectivity index (χ4v) is 1.19. The molecule has 0 amide bonds. The largest absolute Gasteiger partial charge is 0.475 e. The maximum atomic E-state index is 5.57. The van der Waals surface area contributed by atoms with Crippen LogP contribution in [0.3, 0.4) is 0 Å². The summed E-state index contributed by atoms with van der Waals surface area (Å²) in [5, 5.41) is 0. The lowest BCUT2D eigenvalue weighted by atomic mass is 10.4. The smallest absolute Gasteiger partial charge is 0.218 e. The number of nitrogens with two attached hydrogens (primary N) is 1. The van der Waals surface area contributed by atoms with Crippen molar-refractivity contribution < 1.29 is 9.47 Å². The number of hydrogen-bond acceptors (Lipinski definition) is 5. The molecule has 0 atom stereocenters. The first-order valence-corrected chi connectivity index (χ1v) is 5.54. The highest BCUT2D eigenvalue weighted by Gasteiger charge is 1.99. The van der Waals surface area contributed by atoms with Gasteiger partial charge in [0.1, 0.15) is 18.2 Å². The Morgan fingerprint density at radius 1 is 1.25 bits per heavy atom. The minimum atomic E-state index is 0.425. The van der Waals surface area contributed by atoms with Crippen LogP contribution in [0.1, 0.15) is 25.6 Å². The molecule has 0 aliphatic carbocycles. The first-order valence-electron chi connectivity index (χ1n) is 5.54. The van der Waals surface area contributed by atoms with Crippen molar-refractivity contribution in [3.8, 4) is 5.88 Å². The van der Waals surface area contributed by atoms with E-state index in [2.05, 4.69) is 16.9 Å². The molecule has 1 heterocycles. The summed E-state index contributed by atoms with van der Waals surface area (Å²) in [7, 11) is 0. The number of anilines is 1. The first-order chi connectivity index (χ1) is 7.72. The second-order valence-electron chi connectivity index (χ2n) is 3.49. The number of aryl methyl sites for hydroxylation is 1. The first kappa shape index (κ1) is 12.7. The van der Waals surface area contributed by atoms with E-state index in [1.165, 1.54) is 0 Å². The minimum absolute atomic E-state index is 0.425. The number of nitrogens with zero attached hydrogens (tertiary/aromatic N) is 2. The lowest BCUT2D eigenvalue weighted by Gasteiger charge is -2.07. The Kier molecular flexibility index (Phi) is 5.56. The van der Waals surface area contributed by atoms with Crippen molar-refractivity contribution in [2.45, 2.75) is 26.7 Å². The van der Waals surface area contributed by atoms with Gasteiger partial charge < -0.3 is 15.2 Å². The second-order valence-corrected chi connectivity index (χ2v) is 3.49. The minimum Gasteiger partial charge on any atom is -0.475 e. The van der Waals surface area contributed by atoms with Crippen LogP contribution in [0.5, 0.6) is 5.88 Å². The molecular weight excluding hydrogens is 206 g/mol. The summed E-state index contributed by atoms with van der Waals surface area (Å²) < 4.78 is 10.7. The van der Waals surface area contributed by atoms with Crippen molar-refractivity contribution in [2.75, 3.05) is 25.6 Å². The monoisotopic (exact) mass is 225 g/mol. The molecule has 0 unspecified atom stereocenters. The van der Waals surface area contributed by atoms with E-state index in [4.69, 9.17) is 15.2 Å². The van der Waals surface area contributed by atoms with Gasteiger partial charge in [-0.25, -0.2) is 4.98 Å². The van der Waals surface area contributed by atoms with Crippen molar-refractivity contribution in [3.05, 3.63) is 11.9 Å². The Balaban J connectivity index is 2.21. The van der Waals surface area contributed by atoms with Crippen LogP contribution in [0.4, 0.5) is 5.82 Å². The van der Waals surface area contributed by atoms with Crippen LogP contribution in [-0.2, 0) is 4.74 Å². The van der Waals surface area contributed by atoms with Crippen LogP contribution in [0.25, 0.3) is 0 Å². The third-order valence-corrected chi connectivity index (χ3v) is 1.95. The molecule has 1 aromatic rings. The molecule has 0 aliphatic heterocycles. The lowest BCUT2D eigenvalue weighted by Crippen LogP contribution is -2.09. The van der Waals surface area contributed by atoms with Gasteiger partial charge in [-0.2, -0.15) is 4.98 Å². The number of ether oxygens (including phenoxy) is 2. The highest BCUT2D eigenvalue weighted by atomic mass is 16.5. The van der Waals surface area contributed by atoms with Gasteiger partial charge in [-0.05, 0) is 13.3 Å². The van der Waals surface area contributed by atoms with Crippen molar-refractivity contribution in [2.24, 2.45) is 0 Å². The van der Waals surface area contributed by atoms with E-state index < -0.39 is 0 Å². The number of rotatable bonds is 7. The van der Waals surface area contributed by atoms with Crippen molar-refractivity contribution in [1.82, 2.24) is 9.97 Å². The van der Waals surface area contributed by atoms with Crippen molar-refractivity contribution in [1.29, 1.82) is 0 Å². The Labute approximate surface area is 96.0 Å². The van der Waals surface area contributed by atoms with E-state index in [-0.39, 0.29) is 0 Å². The molecule has 1 rings (SSSR count). The van der Waals surface area contributed by atoms with Gasteiger partial charge in [0.05, 0.1) is 6.61 Å². The molecule has 0 saturated carbocycles. The number of hydrogen-bond donors (Lipinski definition) is 1. The molecular formula is C11H19N3O2. The van der Waals surface area contributed by atoms with E-state index in [1.807, 2.05) is 0 Å². The molecule has 0 spiro atoms. The fourth-order valence-electron chi connectivity index (χ4n) is 1.19. The third kappa shape index (κ3) is 4.93. The molecule has 0 fully saturated rings. The number of aromatic nitrogens is 2. The molecule has 2 N–H and O–H groups in total. The maximum absolute atomic E-state index is 5.57. The summed E-state index contributed by atoms with van der Waals surface area (Å²) in [6.07, 6.45) is 2.22. The summed E-state index contributed by atoms with van der Waals surface area (Å²) in [6.45, 7) is 5.75. The van der Waals surface area contributed by atoms with E-state index in [0.717, 1.165) is 19.4 Å². The van der Waals surface area contributed by atoms with E-state index in [1.54, 1.807) is 13.0 Å². The van der Waals surface area contributed by atoms with Gasteiger partial charge in [0.15, 0.2) is 0 Å². The van der Waals surface area contributed by atoms with Gasteiger partial charge in [-0.3, -0.25) is 0 Å². The van der Waals surface area contributed by atoms with E-state index in [0.29, 0.717) is 30.7 Å². The molecule has 0 aromatic carbocycles. The van der Waals surface area contributed by atoms with Crippen LogP contribution >= 0.6 is 0 Å². The molecule has 0 saturated heterocycles. The van der Waals surface area contributed by atoms with Crippen LogP contribution in [0, 0.1) is 6.92 Å². The molecule has 0 radical (unpaired) electrons. The number of nitrogen functional groups attached to an aromatic ring is 1. The normalized spacial score (nSPS) is 10.4. The SMILES string of the molecule is CCCCOCCOc1cc(N)nc(C)n1. The Morgan fingerprint density at radius 2 is 2.06 bits per heavy atom. The summed E-state index contributed by atoms with van der Waals surface area (Å²) in [5.74, 6) is 1.54. The van der Waals surface area contributed by atoms with E-state index in [9.17, 15) is 0 Å². The molecule has 5 heteroatoms. The van der Waals surface area contributed by atoms with Crippen molar-refractivity contribution >= 4 is 5.82 Å². The van der Waals surface area contributed by atoms with Gasteiger partial charge in [-0.15, -0.1) is 0 Å². The zero-order valence-electron chi connectivity index (χ0n) is 9.90. The summed E-state index contributed by atoms with van der Waals surface area (Å²) in [6, 6.07) is 1.61. The average molecular weight is 225 g/mol. The topological polar surface area (TPSA) is 70.3 Å². The standard InChI is InChI=1S/C11H19N3O2/c1-3-4-5-15-6-7-16-11-8-10(12)13-9(2)14-11/h8H,3-7H2,1-2H3,(H2,12,13,14). The number of unbranched alkanes of at least 4 members (excludes halogenated alkanes) is 1. The highest BCUT2D eigenvalue weighted by molar-refractivity contribution is 5.32. The predicted octanol–water partition coefficient (Wildman–Crippen LogP) is 1.56. The van der Waals surface area contributed by atoms with Crippen molar-refractivity contribution in [3.63, 3.8) is 0 Å². The quantitative estimate of drug-likeness (QED) is 0.713. The fraction of sp³-hybridized carbons (Fsp3) is 0.636. The summed E-state index contributed by atoms with van der Waals surface area (Å²) in [5.41, 5.74) is 5.57. The zero-order valence-corrected chi connectivity index (χ0v) is 9.90. The third-order valence-electron chi connectivity index (χ3n) is 1.95. The van der Waals surface area contributed by atoms with Gasteiger partial charge in [0, 0.05) is 12.7 Å². The Bertz CT molecular complexity index is 298. The summed E-state index contributed by atoms with van der Waals surface area (Å²) in [4.78, 5) is 8.06. The molecule has 0 aliphatic rings. The Morgan fingerprint density at radius 3 is 2.75 bits per heavy atom. The van der Waals surface area contributed by atoms with Crippen LogP contribution < -0.4 is 10.5 Å². The lowest BCUT2D eigenvalue weighted by molar-refractivity contribution is 0.0964. The zero-order chi connectivity index (χ0) is 11.8. The molecule has 1 aromatic heterocycles. The average Bonchev–Trinajstić information content (AvgIpc) is 2.22. The molecule has 16 heavy (non-hydrogen) atoms.